The zero-order valence-corrected chi connectivity index (χ0v) is 18.3. The van der Waals surface area contributed by atoms with Crippen LogP contribution in [0.15, 0.2) is 88.3 Å². The van der Waals surface area contributed by atoms with Gasteiger partial charge in [0.25, 0.3) is 15.9 Å². The lowest BCUT2D eigenvalue weighted by Crippen LogP contribution is -2.13. The molecule has 168 valence electrons. The first-order valence-electron chi connectivity index (χ1n) is 9.77. The lowest BCUT2D eigenvalue weighted by Gasteiger charge is -2.09. The SMILES string of the molecule is COc1ccc(-c2nc(COC(=O)c3cccc(NS(=O)(=O)c4ccccc4)c3)no2)cc1. The van der Waals surface area contributed by atoms with E-state index < -0.39 is 16.0 Å². The van der Waals surface area contributed by atoms with E-state index in [4.69, 9.17) is 14.0 Å². The van der Waals surface area contributed by atoms with E-state index in [-0.39, 0.29) is 34.5 Å². The summed E-state index contributed by atoms with van der Waals surface area (Å²) >= 11 is 0. The first-order chi connectivity index (χ1) is 15.9. The molecule has 4 rings (SSSR count). The van der Waals surface area contributed by atoms with E-state index in [2.05, 4.69) is 14.9 Å². The Labute approximate surface area is 190 Å². The van der Waals surface area contributed by atoms with Crippen molar-refractivity contribution in [1.29, 1.82) is 0 Å². The van der Waals surface area contributed by atoms with E-state index in [0.29, 0.717) is 11.3 Å². The second-order valence-corrected chi connectivity index (χ2v) is 8.50. The van der Waals surface area contributed by atoms with Gasteiger partial charge < -0.3 is 14.0 Å². The fourth-order valence-electron chi connectivity index (χ4n) is 2.90. The molecule has 0 aliphatic carbocycles. The molecule has 1 heterocycles. The summed E-state index contributed by atoms with van der Waals surface area (Å²) in [6, 6.07) is 21.0. The smallest absolute Gasteiger partial charge is 0.338 e. The van der Waals surface area contributed by atoms with Crippen LogP contribution in [0.3, 0.4) is 0 Å². The normalized spacial score (nSPS) is 11.1. The van der Waals surface area contributed by atoms with Crippen molar-refractivity contribution in [3.05, 3.63) is 90.3 Å². The summed E-state index contributed by atoms with van der Waals surface area (Å²) in [6.45, 7) is -0.210. The van der Waals surface area contributed by atoms with Crippen LogP contribution < -0.4 is 9.46 Å². The molecule has 0 fully saturated rings. The Hall–Kier alpha value is -4.18. The highest BCUT2D eigenvalue weighted by Gasteiger charge is 2.16. The molecule has 33 heavy (non-hydrogen) atoms. The van der Waals surface area contributed by atoms with Crippen molar-refractivity contribution in [1.82, 2.24) is 10.1 Å². The van der Waals surface area contributed by atoms with Crippen LogP contribution in [0, 0.1) is 0 Å². The second-order valence-electron chi connectivity index (χ2n) is 6.82. The van der Waals surface area contributed by atoms with Crippen LogP contribution in [0.2, 0.25) is 0 Å². The van der Waals surface area contributed by atoms with E-state index in [1.807, 2.05) is 0 Å². The monoisotopic (exact) mass is 465 g/mol. The second kappa shape index (κ2) is 9.53. The summed E-state index contributed by atoms with van der Waals surface area (Å²) in [5.74, 6) is 0.503. The molecule has 0 unspecified atom stereocenters. The molecule has 4 aromatic rings. The van der Waals surface area contributed by atoms with E-state index in [0.717, 1.165) is 0 Å². The quantitative estimate of drug-likeness (QED) is 0.389. The zero-order valence-electron chi connectivity index (χ0n) is 17.5. The van der Waals surface area contributed by atoms with Crippen molar-refractivity contribution < 1.29 is 27.2 Å². The lowest BCUT2D eigenvalue weighted by molar-refractivity contribution is 0.0459. The first kappa shape index (κ1) is 22.0. The number of sulfonamides is 1. The van der Waals surface area contributed by atoms with Gasteiger partial charge in [-0.15, -0.1) is 0 Å². The molecule has 0 radical (unpaired) electrons. The van der Waals surface area contributed by atoms with Crippen molar-refractivity contribution >= 4 is 21.7 Å². The summed E-state index contributed by atoms with van der Waals surface area (Å²) in [5.41, 5.74) is 1.09. The minimum atomic E-state index is -3.78. The molecular formula is C23H19N3O6S. The van der Waals surface area contributed by atoms with Gasteiger partial charge >= 0.3 is 5.97 Å². The standard InChI is InChI=1S/C23H19N3O6S/c1-30-19-12-10-16(11-13-19)22-24-21(25-32-22)15-31-23(27)17-6-5-7-18(14-17)26-33(28,29)20-8-3-2-4-9-20/h2-14,26H,15H2,1H3. The third-order valence-electron chi connectivity index (χ3n) is 4.54. The highest BCUT2D eigenvalue weighted by molar-refractivity contribution is 7.92. The Balaban J connectivity index is 1.40. The third kappa shape index (κ3) is 5.36. The maximum absolute atomic E-state index is 12.5. The van der Waals surface area contributed by atoms with Gasteiger partial charge in [-0.1, -0.05) is 29.4 Å². The summed E-state index contributed by atoms with van der Waals surface area (Å²) in [7, 11) is -2.21. The highest BCUT2D eigenvalue weighted by atomic mass is 32.2. The predicted molar refractivity (Wildman–Crippen MR) is 119 cm³/mol. The molecule has 0 amide bonds. The first-order valence-corrected chi connectivity index (χ1v) is 11.2. The fraction of sp³-hybridized carbons (Fsp3) is 0.0870. The Morgan fingerprint density at radius 1 is 1.00 bits per heavy atom. The molecule has 0 aliphatic rings. The van der Waals surface area contributed by atoms with Gasteiger partial charge in [0.05, 0.1) is 17.6 Å². The molecule has 9 nitrogen and oxygen atoms in total. The molecule has 0 saturated carbocycles. The van der Waals surface area contributed by atoms with Crippen LogP contribution in [0.25, 0.3) is 11.5 Å². The number of ether oxygens (including phenoxy) is 2. The molecule has 3 aromatic carbocycles. The molecule has 0 atom stereocenters. The van der Waals surface area contributed by atoms with Crippen molar-refractivity contribution in [2.45, 2.75) is 11.5 Å². The van der Waals surface area contributed by atoms with Crippen LogP contribution >= 0.6 is 0 Å². The van der Waals surface area contributed by atoms with E-state index in [1.165, 1.54) is 30.3 Å². The van der Waals surface area contributed by atoms with Crippen LogP contribution in [0.5, 0.6) is 5.75 Å². The number of methoxy groups -OCH3 is 1. The minimum absolute atomic E-state index is 0.114. The van der Waals surface area contributed by atoms with Crippen LogP contribution in [-0.4, -0.2) is 31.6 Å². The summed E-state index contributed by atoms with van der Waals surface area (Å²) in [6.07, 6.45) is 0. The molecule has 0 spiro atoms. The Bertz CT molecular complexity index is 1350. The maximum Gasteiger partial charge on any atom is 0.338 e. The van der Waals surface area contributed by atoms with Crippen molar-refractivity contribution in [2.24, 2.45) is 0 Å². The lowest BCUT2D eigenvalue weighted by atomic mass is 10.2. The highest BCUT2D eigenvalue weighted by Crippen LogP contribution is 2.21. The number of hydrogen-bond donors (Lipinski definition) is 1. The van der Waals surface area contributed by atoms with Gasteiger partial charge in [-0.2, -0.15) is 4.98 Å². The summed E-state index contributed by atoms with van der Waals surface area (Å²) in [5, 5.41) is 3.81. The Morgan fingerprint density at radius 3 is 2.48 bits per heavy atom. The van der Waals surface area contributed by atoms with Crippen LogP contribution in [0.1, 0.15) is 16.2 Å². The van der Waals surface area contributed by atoms with Crippen molar-refractivity contribution in [3.8, 4) is 17.2 Å². The number of nitrogens with one attached hydrogen (secondary N) is 1. The largest absolute Gasteiger partial charge is 0.497 e. The average Bonchev–Trinajstić information content (AvgIpc) is 3.32. The zero-order chi connectivity index (χ0) is 23.3. The van der Waals surface area contributed by atoms with E-state index in [9.17, 15) is 13.2 Å². The number of nitrogens with zero attached hydrogens (tertiary/aromatic N) is 2. The topological polar surface area (TPSA) is 121 Å². The number of hydrogen-bond acceptors (Lipinski definition) is 8. The summed E-state index contributed by atoms with van der Waals surface area (Å²) < 4.78 is 43.0. The van der Waals surface area contributed by atoms with Gasteiger partial charge in [-0.05, 0) is 54.6 Å². The van der Waals surface area contributed by atoms with Gasteiger partial charge in [-0.25, -0.2) is 13.2 Å². The number of carbonyl (C=O) groups excluding carboxylic acids is 1. The van der Waals surface area contributed by atoms with Crippen LogP contribution in [-0.2, 0) is 21.4 Å². The van der Waals surface area contributed by atoms with Gasteiger partial charge in [0.2, 0.25) is 5.82 Å². The molecule has 0 bridgehead atoms. The van der Waals surface area contributed by atoms with Crippen molar-refractivity contribution in [2.75, 3.05) is 11.8 Å². The third-order valence-corrected chi connectivity index (χ3v) is 5.94. The van der Waals surface area contributed by atoms with Gasteiger partial charge in [0.1, 0.15) is 5.75 Å². The minimum Gasteiger partial charge on any atom is -0.497 e. The molecule has 0 saturated heterocycles. The Kier molecular flexibility index (Phi) is 6.36. The number of esters is 1. The predicted octanol–water partition coefficient (Wildman–Crippen LogP) is 3.90. The molecular weight excluding hydrogens is 446 g/mol. The number of rotatable bonds is 8. The number of benzene rings is 3. The Morgan fingerprint density at radius 2 is 1.76 bits per heavy atom. The van der Waals surface area contributed by atoms with Gasteiger partial charge in [0.15, 0.2) is 6.61 Å². The molecule has 1 aromatic heterocycles. The summed E-state index contributed by atoms with van der Waals surface area (Å²) in [4.78, 5) is 16.8. The number of aromatic nitrogens is 2. The molecule has 1 N–H and O–H groups in total. The molecule has 10 heteroatoms. The van der Waals surface area contributed by atoms with E-state index in [1.54, 1.807) is 55.6 Å². The van der Waals surface area contributed by atoms with Gasteiger partial charge in [0, 0.05) is 11.3 Å². The number of carbonyl (C=O) groups is 1. The van der Waals surface area contributed by atoms with Crippen molar-refractivity contribution in [3.63, 3.8) is 0 Å². The fourth-order valence-corrected chi connectivity index (χ4v) is 3.97. The molecule has 0 aliphatic heterocycles. The van der Waals surface area contributed by atoms with Gasteiger partial charge in [-0.3, -0.25) is 4.72 Å². The number of anilines is 1. The van der Waals surface area contributed by atoms with Crippen LogP contribution in [0.4, 0.5) is 5.69 Å². The van der Waals surface area contributed by atoms with E-state index >= 15 is 0 Å². The maximum atomic E-state index is 12.5. The average molecular weight is 465 g/mol.